The second kappa shape index (κ2) is 8.99. The summed E-state index contributed by atoms with van der Waals surface area (Å²) in [6.07, 6.45) is 5.37. The van der Waals surface area contributed by atoms with Crippen LogP contribution in [0.3, 0.4) is 0 Å². The van der Waals surface area contributed by atoms with Gasteiger partial charge in [-0.3, -0.25) is 4.79 Å². The van der Waals surface area contributed by atoms with Crippen LogP contribution in [-0.2, 0) is 4.79 Å². The monoisotopic (exact) mass is 440 g/mol. The molecule has 0 saturated carbocycles. The van der Waals surface area contributed by atoms with E-state index in [1.165, 1.54) is 6.08 Å². The van der Waals surface area contributed by atoms with Crippen molar-refractivity contribution in [2.75, 3.05) is 23.3 Å². The summed E-state index contributed by atoms with van der Waals surface area (Å²) in [6.45, 7) is 3.84. The van der Waals surface area contributed by atoms with Gasteiger partial charge in [-0.1, -0.05) is 41.4 Å². The van der Waals surface area contributed by atoms with E-state index in [0.717, 1.165) is 42.7 Å². The maximum absolute atomic E-state index is 12.5. The van der Waals surface area contributed by atoms with Gasteiger partial charge in [-0.15, -0.1) is 0 Å². The Kier molecular flexibility index (Phi) is 6.16. The maximum Gasteiger partial charge on any atom is 0.248 e. The van der Waals surface area contributed by atoms with E-state index in [1.807, 2.05) is 55.5 Å². The lowest BCUT2D eigenvalue weighted by atomic mass is 10.1. The highest BCUT2D eigenvalue weighted by molar-refractivity contribution is 6.34. The van der Waals surface area contributed by atoms with E-state index in [0.29, 0.717) is 27.3 Å². The van der Waals surface area contributed by atoms with Gasteiger partial charge >= 0.3 is 0 Å². The molecular formula is C24H22Cl2N2O2. The number of aryl methyl sites for hydroxylation is 1. The topological polar surface area (TPSA) is 45.5 Å². The van der Waals surface area contributed by atoms with Gasteiger partial charge in [0.15, 0.2) is 0 Å². The number of furan rings is 1. The van der Waals surface area contributed by atoms with E-state index in [9.17, 15) is 4.79 Å². The standard InChI is InChI=1S/C24H22Cl2N2O2/c1-16-7-8-17(15-20(16)26)22-11-9-18(30-22)10-12-23(29)27-21-6-4-5-19(25)24(21)28-13-2-3-14-28/h4-12,15H,2-3,13-14H2,1H3,(H,27,29)/b12-10+. The third kappa shape index (κ3) is 4.55. The fraction of sp³-hybridized carbons (Fsp3) is 0.208. The van der Waals surface area contributed by atoms with Crippen molar-refractivity contribution >= 4 is 46.6 Å². The quantitative estimate of drug-likeness (QED) is 0.442. The van der Waals surface area contributed by atoms with Gasteiger partial charge in [0.25, 0.3) is 0 Å². The summed E-state index contributed by atoms with van der Waals surface area (Å²) in [4.78, 5) is 14.7. The lowest BCUT2D eigenvalue weighted by Crippen LogP contribution is -2.21. The summed E-state index contributed by atoms with van der Waals surface area (Å²) in [5, 5.41) is 4.27. The highest BCUT2D eigenvalue weighted by atomic mass is 35.5. The van der Waals surface area contributed by atoms with Gasteiger partial charge in [0.05, 0.1) is 16.4 Å². The van der Waals surface area contributed by atoms with Crippen molar-refractivity contribution in [2.45, 2.75) is 19.8 Å². The summed E-state index contributed by atoms with van der Waals surface area (Å²) < 4.78 is 5.83. The number of rotatable bonds is 5. The van der Waals surface area contributed by atoms with Gasteiger partial charge in [0.2, 0.25) is 5.91 Å². The number of hydrogen-bond donors (Lipinski definition) is 1. The first kappa shape index (κ1) is 20.6. The Morgan fingerprint density at radius 1 is 1.07 bits per heavy atom. The van der Waals surface area contributed by atoms with Gasteiger partial charge in [-0.2, -0.15) is 0 Å². The molecule has 3 aromatic rings. The minimum atomic E-state index is -0.242. The summed E-state index contributed by atoms with van der Waals surface area (Å²) in [5.74, 6) is 1.04. The molecule has 1 aliphatic rings. The molecule has 2 aromatic carbocycles. The van der Waals surface area contributed by atoms with Crippen molar-refractivity contribution in [1.82, 2.24) is 0 Å². The second-order valence-corrected chi connectivity index (χ2v) is 8.13. The van der Waals surface area contributed by atoms with Crippen LogP contribution in [0.5, 0.6) is 0 Å². The van der Waals surface area contributed by atoms with Crippen LogP contribution >= 0.6 is 23.2 Å². The molecule has 1 aliphatic heterocycles. The predicted octanol–water partition coefficient (Wildman–Crippen LogP) is 6.81. The normalized spacial score (nSPS) is 13.9. The van der Waals surface area contributed by atoms with Crippen LogP contribution in [0.15, 0.2) is 59.0 Å². The van der Waals surface area contributed by atoms with Crippen LogP contribution in [0.25, 0.3) is 17.4 Å². The van der Waals surface area contributed by atoms with Gasteiger partial charge in [-0.05, 0) is 61.7 Å². The molecule has 0 unspecified atom stereocenters. The van der Waals surface area contributed by atoms with E-state index in [2.05, 4.69) is 10.2 Å². The molecule has 1 N–H and O–H groups in total. The molecule has 4 rings (SSSR count). The molecule has 30 heavy (non-hydrogen) atoms. The number of carbonyl (C=O) groups is 1. The molecule has 1 saturated heterocycles. The Morgan fingerprint density at radius 3 is 2.63 bits per heavy atom. The highest BCUT2D eigenvalue weighted by Gasteiger charge is 2.19. The molecule has 154 valence electrons. The van der Waals surface area contributed by atoms with Crippen molar-refractivity contribution in [3.8, 4) is 11.3 Å². The number of amides is 1. The Morgan fingerprint density at radius 2 is 1.87 bits per heavy atom. The Balaban J connectivity index is 1.47. The zero-order valence-corrected chi connectivity index (χ0v) is 18.1. The number of nitrogens with zero attached hydrogens (tertiary/aromatic N) is 1. The molecule has 6 heteroatoms. The first-order valence-electron chi connectivity index (χ1n) is 9.90. The van der Waals surface area contributed by atoms with E-state index >= 15 is 0 Å². The number of hydrogen-bond acceptors (Lipinski definition) is 3. The SMILES string of the molecule is Cc1ccc(-c2ccc(/C=C/C(=O)Nc3cccc(Cl)c3N3CCCC3)o2)cc1Cl. The van der Waals surface area contributed by atoms with Crippen LogP contribution in [0.2, 0.25) is 10.0 Å². The average Bonchev–Trinajstić information content (AvgIpc) is 3.41. The lowest BCUT2D eigenvalue weighted by Gasteiger charge is -2.22. The molecule has 1 fully saturated rings. The molecule has 1 amide bonds. The smallest absolute Gasteiger partial charge is 0.248 e. The van der Waals surface area contributed by atoms with Gasteiger partial charge in [0.1, 0.15) is 11.5 Å². The largest absolute Gasteiger partial charge is 0.457 e. The van der Waals surface area contributed by atoms with Crippen LogP contribution < -0.4 is 10.2 Å². The fourth-order valence-electron chi connectivity index (χ4n) is 3.55. The molecule has 4 nitrogen and oxygen atoms in total. The van der Waals surface area contributed by atoms with Crippen molar-refractivity contribution in [1.29, 1.82) is 0 Å². The molecule has 0 atom stereocenters. The van der Waals surface area contributed by atoms with Crippen molar-refractivity contribution in [3.63, 3.8) is 0 Å². The average molecular weight is 441 g/mol. The summed E-state index contributed by atoms with van der Waals surface area (Å²) >= 11 is 12.6. The van der Waals surface area contributed by atoms with Crippen molar-refractivity contribution in [2.24, 2.45) is 0 Å². The molecule has 2 heterocycles. The molecular weight excluding hydrogens is 419 g/mol. The van der Waals surface area contributed by atoms with Crippen LogP contribution in [0, 0.1) is 6.92 Å². The third-order valence-electron chi connectivity index (χ3n) is 5.15. The lowest BCUT2D eigenvalue weighted by molar-refractivity contribution is -0.111. The van der Waals surface area contributed by atoms with Crippen molar-refractivity contribution < 1.29 is 9.21 Å². The van der Waals surface area contributed by atoms with Crippen molar-refractivity contribution in [3.05, 3.63) is 76.0 Å². The van der Waals surface area contributed by atoms with E-state index in [-0.39, 0.29) is 5.91 Å². The number of halogens is 2. The molecule has 0 radical (unpaired) electrons. The van der Waals surface area contributed by atoms with E-state index in [1.54, 1.807) is 6.08 Å². The predicted molar refractivity (Wildman–Crippen MR) is 124 cm³/mol. The Labute approximate surface area is 186 Å². The molecule has 0 bridgehead atoms. The fourth-order valence-corrected chi connectivity index (χ4v) is 4.03. The second-order valence-electron chi connectivity index (χ2n) is 7.32. The molecule has 0 aliphatic carbocycles. The van der Waals surface area contributed by atoms with Crippen LogP contribution in [0.1, 0.15) is 24.2 Å². The Hall–Kier alpha value is -2.69. The highest BCUT2D eigenvalue weighted by Crippen LogP contribution is 2.36. The summed E-state index contributed by atoms with van der Waals surface area (Å²) in [7, 11) is 0. The number of anilines is 2. The summed E-state index contributed by atoms with van der Waals surface area (Å²) in [6, 6.07) is 15.0. The zero-order valence-electron chi connectivity index (χ0n) is 16.6. The number of nitrogens with one attached hydrogen (secondary N) is 1. The minimum Gasteiger partial charge on any atom is -0.457 e. The van der Waals surface area contributed by atoms with Gasteiger partial charge < -0.3 is 14.6 Å². The summed E-state index contributed by atoms with van der Waals surface area (Å²) in [5.41, 5.74) is 3.50. The number of carbonyl (C=O) groups excluding carboxylic acids is 1. The molecule has 1 aromatic heterocycles. The Bertz CT molecular complexity index is 1100. The van der Waals surface area contributed by atoms with Gasteiger partial charge in [0, 0.05) is 29.8 Å². The number of benzene rings is 2. The van der Waals surface area contributed by atoms with Crippen LogP contribution in [0.4, 0.5) is 11.4 Å². The van der Waals surface area contributed by atoms with E-state index < -0.39 is 0 Å². The minimum absolute atomic E-state index is 0.242. The first-order valence-corrected chi connectivity index (χ1v) is 10.7. The number of para-hydroxylation sites is 1. The molecule has 0 spiro atoms. The third-order valence-corrected chi connectivity index (χ3v) is 5.86. The maximum atomic E-state index is 12.5. The zero-order chi connectivity index (χ0) is 21.1. The van der Waals surface area contributed by atoms with E-state index in [4.69, 9.17) is 27.6 Å². The van der Waals surface area contributed by atoms with Gasteiger partial charge in [-0.25, -0.2) is 0 Å². The first-order chi connectivity index (χ1) is 14.5. The van der Waals surface area contributed by atoms with Crippen LogP contribution in [-0.4, -0.2) is 19.0 Å².